The highest BCUT2D eigenvalue weighted by atomic mass is 35.5. The van der Waals surface area contributed by atoms with Crippen molar-refractivity contribution < 1.29 is 9.59 Å². The molecule has 1 aliphatic carbocycles. The molecule has 0 spiro atoms. The zero-order valence-electron chi connectivity index (χ0n) is 12.7. The summed E-state index contributed by atoms with van der Waals surface area (Å²) in [5, 5.41) is 3.19. The number of fused-ring (bicyclic) bond motifs is 1. The van der Waals surface area contributed by atoms with Gasteiger partial charge in [-0.1, -0.05) is 39.0 Å². The van der Waals surface area contributed by atoms with Crippen LogP contribution in [0.2, 0.25) is 0 Å². The minimum Gasteiger partial charge on any atom is -0.320 e. The third-order valence-corrected chi connectivity index (χ3v) is 4.54. The number of amides is 1. The van der Waals surface area contributed by atoms with Crippen LogP contribution in [0.1, 0.15) is 49.5 Å². The molecule has 7 heteroatoms. The molecule has 0 aromatic carbocycles. The Morgan fingerprint density at radius 1 is 1.38 bits per heavy atom. The Labute approximate surface area is 135 Å². The molecule has 1 aromatic heterocycles. The van der Waals surface area contributed by atoms with Gasteiger partial charge in [0, 0.05) is 6.42 Å². The van der Waals surface area contributed by atoms with Crippen molar-refractivity contribution >= 4 is 40.6 Å². The van der Waals surface area contributed by atoms with E-state index >= 15 is 0 Å². The minimum absolute atomic E-state index is 0. The molecule has 1 atom stereocenters. The van der Waals surface area contributed by atoms with Crippen LogP contribution >= 0.6 is 23.7 Å². The van der Waals surface area contributed by atoms with Crippen LogP contribution in [0, 0.1) is 11.3 Å². The summed E-state index contributed by atoms with van der Waals surface area (Å²) in [5.74, 6) is -0.0784. The van der Waals surface area contributed by atoms with Gasteiger partial charge in [0.05, 0.1) is 16.6 Å². The van der Waals surface area contributed by atoms with Crippen molar-refractivity contribution in [3.8, 4) is 0 Å². The number of carbonyl (C=O) groups is 2. The number of nitrogens with two attached hydrogens (primary N) is 1. The highest BCUT2D eigenvalue weighted by Gasteiger charge is 2.34. The fourth-order valence-corrected chi connectivity index (χ4v) is 3.19. The largest absolute Gasteiger partial charge is 0.320 e. The van der Waals surface area contributed by atoms with E-state index in [0.29, 0.717) is 16.4 Å². The number of hydrogen-bond donors (Lipinski definition) is 2. The van der Waals surface area contributed by atoms with Crippen molar-refractivity contribution in [2.24, 2.45) is 17.1 Å². The molecule has 0 fully saturated rings. The van der Waals surface area contributed by atoms with Gasteiger partial charge < -0.3 is 11.1 Å². The van der Waals surface area contributed by atoms with Gasteiger partial charge in [0.15, 0.2) is 10.9 Å². The molecule has 0 saturated carbocycles. The molecule has 0 unspecified atom stereocenters. The summed E-state index contributed by atoms with van der Waals surface area (Å²) in [4.78, 5) is 29.1. The van der Waals surface area contributed by atoms with Crippen LogP contribution in [0.3, 0.4) is 0 Å². The van der Waals surface area contributed by atoms with Gasteiger partial charge in [-0.25, -0.2) is 4.98 Å². The first kappa shape index (κ1) is 18.1. The zero-order valence-corrected chi connectivity index (χ0v) is 14.4. The van der Waals surface area contributed by atoms with E-state index in [-0.39, 0.29) is 35.4 Å². The number of hydrogen-bond acceptors (Lipinski definition) is 5. The van der Waals surface area contributed by atoms with E-state index in [1.807, 2.05) is 13.8 Å². The molecule has 1 aromatic rings. The molecular weight excluding hydrogens is 310 g/mol. The molecule has 1 heterocycles. The summed E-state index contributed by atoms with van der Waals surface area (Å²) in [6.07, 6.45) is 1.29. The van der Waals surface area contributed by atoms with E-state index < -0.39 is 6.04 Å². The van der Waals surface area contributed by atoms with Crippen LogP contribution in [-0.4, -0.2) is 22.7 Å². The molecule has 0 aliphatic heterocycles. The summed E-state index contributed by atoms with van der Waals surface area (Å²) >= 11 is 1.25. The second-order valence-electron chi connectivity index (χ2n) is 6.49. The lowest BCUT2D eigenvalue weighted by Gasteiger charge is -2.26. The maximum atomic E-state index is 12.1. The number of nitrogens with zero attached hydrogens (tertiary/aromatic N) is 1. The molecule has 21 heavy (non-hydrogen) atoms. The normalized spacial score (nSPS) is 17.9. The van der Waals surface area contributed by atoms with Crippen LogP contribution in [0.25, 0.3) is 0 Å². The Bertz CT molecular complexity index is 554. The monoisotopic (exact) mass is 331 g/mol. The number of thiazole rings is 1. The van der Waals surface area contributed by atoms with Crippen LogP contribution in [0.15, 0.2) is 0 Å². The third kappa shape index (κ3) is 4.02. The first-order valence-electron chi connectivity index (χ1n) is 6.79. The first-order chi connectivity index (χ1) is 9.19. The number of rotatable bonds is 3. The van der Waals surface area contributed by atoms with E-state index in [4.69, 9.17) is 5.73 Å². The molecule has 3 N–H and O–H groups in total. The summed E-state index contributed by atoms with van der Waals surface area (Å²) in [7, 11) is 0. The molecule has 0 bridgehead atoms. The first-order valence-corrected chi connectivity index (χ1v) is 7.60. The summed E-state index contributed by atoms with van der Waals surface area (Å²) in [6, 6.07) is -0.567. The highest BCUT2D eigenvalue weighted by Crippen LogP contribution is 2.38. The second kappa shape index (κ2) is 6.42. The van der Waals surface area contributed by atoms with Gasteiger partial charge in [0.1, 0.15) is 0 Å². The maximum Gasteiger partial charge on any atom is 0.243 e. The van der Waals surface area contributed by atoms with Gasteiger partial charge in [-0.2, -0.15) is 0 Å². The number of halogens is 1. The number of ketones is 1. The third-order valence-electron chi connectivity index (χ3n) is 3.49. The SMILES string of the molecule is CC(C)[C@H](N)C(=O)Nc1nc2c(s1)C(=O)CC(C)(C)C2.Cl. The molecule has 0 saturated heterocycles. The van der Waals surface area contributed by atoms with Crippen molar-refractivity contribution in [3.63, 3.8) is 0 Å². The van der Waals surface area contributed by atoms with Crippen molar-refractivity contribution in [2.45, 2.75) is 46.6 Å². The maximum absolute atomic E-state index is 12.1. The number of Topliss-reactive ketones (excluding diaryl/α,β-unsaturated/α-hetero) is 1. The lowest BCUT2D eigenvalue weighted by atomic mass is 9.78. The van der Waals surface area contributed by atoms with Gasteiger partial charge in [0.25, 0.3) is 0 Å². The van der Waals surface area contributed by atoms with Crippen molar-refractivity contribution in [2.75, 3.05) is 5.32 Å². The summed E-state index contributed by atoms with van der Waals surface area (Å²) in [6.45, 7) is 7.90. The topological polar surface area (TPSA) is 85.1 Å². The van der Waals surface area contributed by atoms with Crippen molar-refractivity contribution in [3.05, 3.63) is 10.6 Å². The number of anilines is 1. The van der Waals surface area contributed by atoms with Crippen LogP contribution in [0.5, 0.6) is 0 Å². The molecule has 1 amide bonds. The number of nitrogens with one attached hydrogen (secondary N) is 1. The predicted octanol–water partition coefficient (Wildman–Crippen LogP) is 2.64. The lowest BCUT2D eigenvalue weighted by Crippen LogP contribution is -2.39. The Balaban J connectivity index is 0.00000220. The van der Waals surface area contributed by atoms with Gasteiger partial charge >= 0.3 is 0 Å². The molecule has 1 aliphatic rings. The second-order valence-corrected chi connectivity index (χ2v) is 7.49. The molecule has 118 valence electrons. The molecule has 0 radical (unpaired) electrons. The highest BCUT2D eigenvalue weighted by molar-refractivity contribution is 7.17. The van der Waals surface area contributed by atoms with Crippen molar-refractivity contribution in [1.82, 2.24) is 4.98 Å². The van der Waals surface area contributed by atoms with E-state index in [9.17, 15) is 9.59 Å². The Hall–Kier alpha value is -0.980. The van der Waals surface area contributed by atoms with E-state index in [1.165, 1.54) is 11.3 Å². The quantitative estimate of drug-likeness (QED) is 0.891. The van der Waals surface area contributed by atoms with Crippen LogP contribution in [0.4, 0.5) is 5.13 Å². The van der Waals surface area contributed by atoms with Gasteiger partial charge in [-0.3, -0.25) is 9.59 Å². The molecular formula is C14H22ClN3O2S. The Morgan fingerprint density at radius 2 is 2.00 bits per heavy atom. The molecule has 5 nitrogen and oxygen atoms in total. The summed E-state index contributed by atoms with van der Waals surface area (Å²) in [5.41, 5.74) is 6.53. The zero-order chi connectivity index (χ0) is 15.1. The molecule has 2 rings (SSSR count). The average Bonchev–Trinajstić information content (AvgIpc) is 2.68. The van der Waals surface area contributed by atoms with Crippen LogP contribution in [-0.2, 0) is 11.2 Å². The Morgan fingerprint density at radius 3 is 2.57 bits per heavy atom. The average molecular weight is 332 g/mol. The Kier molecular flexibility index (Phi) is 5.52. The van der Waals surface area contributed by atoms with E-state index in [0.717, 1.165) is 12.1 Å². The lowest BCUT2D eigenvalue weighted by molar-refractivity contribution is -0.118. The number of aromatic nitrogens is 1. The van der Waals surface area contributed by atoms with E-state index in [2.05, 4.69) is 24.1 Å². The van der Waals surface area contributed by atoms with Gasteiger partial charge in [-0.15, -0.1) is 12.4 Å². The fraction of sp³-hybridized carbons (Fsp3) is 0.643. The standard InChI is InChI=1S/C14H21N3O2S.ClH/c1-7(2)10(15)12(19)17-13-16-8-5-14(3,4)6-9(18)11(8)20-13;/h7,10H,5-6,15H2,1-4H3,(H,16,17,19);1H/t10-;/m0./s1. The van der Waals surface area contributed by atoms with Crippen LogP contribution < -0.4 is 11.1 Å². The number of carbonyl (C=O) groups excluding carboxylic acids is 2. The smallest absolute Gasteiger partial charge is 0.243 e. The fourth-order valence-electron chi connectivity index (χ4n) is 2.27. The van der Waals surface area contributed by atoms with Crippen molar-refractivity contribution in [1.29, 1.82) is 0 Å². The van der Waals surface area contributed by atoms with E-state index in [1.54, 1.807) is 0 Å². The van der Waals surface area contributed by atoms with Gasteiger partial charge in [-0.05, 0) is 17.8 Å². The summed E-state index contributed by atoms with van der Waals surface area (Å²) < 4.78 is 0. The van der Waals surface area contributed by atoms with Gasteiger partial charge in [0.2, 0.25) is 5.91 Å². The minimum atomic E-state index is -0.567. The predicted molar refractivity (Wildman–Crippen MR) is 87.2 cm³/mol.